The van der Waals surface area contributed by atoms with Crippen molar-refractivity contribution in [3.05, 3.63) is 120 Å². The van der Waals surface area contributed by atoms with Crippen LogP contribution in [0.25, 0.3) is 0 Å². The molecule has 0 spiro atoms. The van der Waals surface area contributed by atoms with Crippen molar-refractivity contribution in [3.63, 3.8) is 0 Å². The van der Waals surface area contributed by atoms with Gasteiger partial charge >= 0.3 is 17.9 Å². The van der Waals surface area contributed by atoms with E-state index < -0.39 is 90.8 Å². The molecule has 1 saturated carbocycles. The number of carbonyl (C=O) groups excluding carboxylic acids is 3. The molecule has 3 aromatic rings. The Kier molecular flexibility index (Phi) is 8.73. The lowest BCUT2D eigenvalue weighted by molar-refractivity contribution is -0.348. The van der Waals surface area contributed by atoms with Crippen molar-refractivity contribution in [2.24, 2.45) is 5.92 Å². The number of epoxide rings is 1. The Morgan fingerprint density at radius 3 is 1.90 bits per heavy atom. The molecule has 0 amide bonds. The first-order chi connectivity index (χ1) is 23.6. The SMILES string of the molecule is C[C@]12O[C@H]1[C@@H](OC(=O)c1ccccc1)[C@]1(O)C=COC(O[C@@H]3O[C@H](COC(=O)c4ccccc4)[C@@H](O)[C@H](O)[C@H]3OC(=O)c3ccccc3)C12. The molecule has 49 heavy (non-hydrogen) atoms. The van der Waals surface area contributed by atoms with Crippen molar-refractivity contribution in [2.45, 2.75) is 67.3 Å². The van der Waals surface area contributed by atoms with Crippen LogP contribution in [0.1, 0.15) is 38.0 Å². The topological polar surface area (TPSA) is 180 Å². The van der Waals surface area contributed by atoms with Crippen molar-refractivity contribution >= 4 is 17.9 Å². The number of ether oxygens (including phenoxy) is 7. The summed E-state index contributed by atoms with van der Waals surface area (Å²) in [7, 11) is 0. The van der Waals surface area contributed by atoms with E-state index in [-0.39, 0.29) is 16.7 Å². The van der Waals surface area contributed by atoms with Gasteiger partial charge in [0.15, 0.2) is 12.2 Å². The monoisotopic (exact) mass is 674 g/mol. The van der Waals surface area contributed by atoms with Gasteiger partial charge in [0.2, 0.25) is 12.6 Å². The van der Waals surface area contributed by atoms with Gasteiger partial charge in [0.25, 0.3) is 0 Å². The first-order valence-electron chi connectivity index (χ1n) is 15.7. The van der Waals surface area contributed by atoms with Crippen molar-refractivity contribution in [3.8, 4) is 0 Å². The minimum absolute atomic E-state index is 0.161. The van der Waals surface area contributed by atoms with Gasteiger partial charge in [0, 0.05) is 0 Å². The van der Waals surface area contributed by atoms with Crippen LogP contribution in [0, 0.1) is 5.92 Å². The second kappa shape index (κ2) is 13.0. The minimum atomic E-state index is -1.82. The molecule has 256 valence electrons. The van der Waals surface area contributed by atoms with Gasteiger partial charge in [0.1, 0.15) is 42.2 Å². The Bertz CT molecular complexity index is 1700. The van der Waals surface area contributed by atoms with Crippen LogP contribution < -0.4 is 0 Å². The highest BCUT2D eigenvalue weighted by molar-refractivity contribution is 5.90. The fourth-order valence-corrected chi connectivity index (χ4v) is 6.74. The maximum atomic E-state index is 13.1. The number of aliphatic hydroxyl groups excluding tert-OH is 2. The standard InChI is InChI=1S/C36H34O13/c1-35-27-34(43-18-17-36(27,42)29(28(35)49-35)47-32(41)22-15-9-4-10-16-22)48-33-26(46-31(40)21-13-7-3-8-14-21)25(38)24(37)23(45-33)19-44-30(39)20-11-5-2-6-12-20/h2-18,23-29,33-34,37-38,42H,19H2,1H3/t23-,24-,25+,26-,27?,28+,29-,33+,34?,35-,36+/m1/s1. The van der Waals surface area contributed by atoms with Gasteiger partial charge in [-0.15, -0.1) is 0 Å². The molecule has 4 aliphatic rings. The number of aliphatic hydroxyl groups is 3. The molecule has 1 aliphatic carbocycles. The van der Waals surface area contributed by atoms with Crippen molar-refractivity contribution in [1.29, 1.82) is 0 Å². The summed E-state index contributed by atoms with van der Waals surface area (Å²) in [6.07, 6.45) is -8.66. The van der Waals surface area contributed by atoms with Crippen LogP contribution in [0.4, 0.5) is 0 Å². The van der Waals surface area contributed by atoms with E-state index in [1.54, 1.807) is 85.8 Å². The largest absolute Gasteiger partial charge is 0.472 e. The average Bonchev–Trinajstić information content (AvgIpc) is 3.75. The fourth-order valence-electron chi connectivity index (χ4n) is 6.74. The summed E-state index contributed by atoms with van der Waals surface area (Å²) in [5.41, 5.74) is -2.20. The number of fused-ring (bicyclic) bond motifs is 3. The van der Waals surface area contributed by atoms with Crippen LogP contribution in [0.2, 0.25) is 0 Å². The summed E-state index contributed by atoms with van der Waals surface area (Å²) < 4.78 is 40.8. The zero-order valence-corrected chi connectivity index (χ0v) is 26.1. The molecule has 3 aromatic carbocycles. The van der Waals surface area contributed by atoms with E-state index in [1.165, 1.54) is 24.5 Å². The van der Waals surface area contributed by atoms with Crippen molar-refractivity contribution in [2.75, 3.05) is 6.61 Å². The first kappa shape index (κ1) is 32.9. The lowest BCUT2D eigenvalue weighted by Crippen LogP contribution is -2.63. The summed E-state index contributed by atoms with van der Waals surface area (Å²) in [6, 6.07) is 24.4. The number of esters is 3. The summed E-state index contributed by atoms with van der Waals surface area (Å²) in [4.78, 5) is 38.8. The molecular formula is C36H34O13. The Balaban J connectivity index is 1.13. The molecule has 13 nitrogen and oxygen atoms in total. The lowest BCUT2D eigenvalue weighted by Gasteiger charge is -2.46. The summed E-state index contributed by atoms with van der Waals surface area (Å²) in [5, 5.41) is 34.3. The highest BCUT2D eigenvalue weighted by Crippen LogP contribution is 2.62. The Morgan fingerprint density at radius 1 is 0.755 bits per heavy atom. The number of carbonyl (C=O) groups is 3. The van der Waals surface area contributed by atoms with Crippen LogP contribution in [-0.4, -0.2) is 100 Å². The minimum Gasteiger partial charge on any atom is -0.472 e. The number of rotatable bonds is 9. The second-order valence-corrected chi connectivity index (χ2v) is 12.4. The average molecular weight is 675 g/mol. The van der Waals surface area contributed by atoms with Gasteiger partial charge in [-0.2, -0.15) is 0 Å². The Morgan fingerprint density at radius 2 is 1.31 bits per heavy atom. The molecular weight excluding hydrogens is 640 g/mol. The fraction of sp³-hybridized carbons (Fsp3) is 0.361. The molecule has 0 bridgehead atoms. The maximum Gasteiger partial charge on any atom is 0.338 e. The van der Waals surface area contributed by atoms with Crippen LogP contribution in [0.3, 0.4) is 0 Å². The molecule has 0 aromatic heterocycles. The van der Waals surface area contributed by atoms with E-state index in [2.05, 4.69) is 0 Å². The molecule has 3 fully saturated rings. The van der Waals surface area contributed by atoms with E-state index in [9.17, 15) is 29.7 Å². The molecule has 3 N–H and O–H groups in total. The van der Waals surface area contributed by atoms with E-state index in [4.69, 9.17) is 33.2 Å². The van der Waals surface area contributed by atoms with Gasteiger partial charge in [-0.05, 0) is 49.4 Å². The zero-order chi connectivity index (χ0) is 34.3. The molecule has 0 radical (unpaired) electrons. The molecule has 2 unspecified atom stereocenters. The normalized spacial score (nSPS) is 35.6. The summed E-state index contributed by atoms with van der Waals surface area (Å²) in [6.45, 7) is 1.21. The van der Waals surface area contributed by atoms with Gasteiger partial charge in [-0.3, -0.25) is 0 Å². The zero-order valence-electron chi connectivity index (χ0n) is 26.1. The quantitative estimate of drug-likeness (QED) is 0.171. The van der Waals surface area contributed by atoms with Crippen LogP contribution >= 0.6 is 0 Å². The van der Waals surface area contributed by atoms with Crippen LogP contribution in [-0.2, 0) is 33.2 Å². The predicted molar refractivity (Wildman–Crippen MR) is 166 cm³/mol. The number of hydrogen-bond donors (Lipinski definition) is 3. The van der Waals surface area contributed by atoms with Crippen LogP contribution in [0.5, 0.6) is 0 Å². The summed E-state index contributed by atoms with van der Waals surface area (Å²) >= 11 is 0. The predicted octanol–water partition coefficient (Wildman–Crippen LogP) is 2.15. The van der Waals surface area contributed by atoms with Crippen molar-refractivity contribution < 1.29 is 62.9 Å². The highest BCUT2D eigenvalue weighted by Gasteiger charge is 2.81. The number of benzene rings is 3. The van der Waals surface area contributed by atoms with Gasteiger partial charge in [-0.25, -0.2) is 14.4 Å². The third-order valence-corrected chi connectivity index (χ3v) is 9.35. The van der Waals surface area contributed by atoms with Gasteiger partial charge < -0.3 is 48.5 Å². The number of hydrogen-bond acceptors (Lipinski definition) is 13. The summed E-state index contributed by atoms with van der Waals surface area (Å²) in [5.74, 6) is -3.20. The van der Waals surface area contributed by atoms with E-state index >= 15 is 0 Å². The Labute approximate surface area is 280 Å². The van der Waals surface area contributed by atoms with E-state index in [0.29, 0.717) is 0 Å². The highest BCUT2D eigenvalue weighted by atomic mass is 16.8. The van der Waals surface area contributed by atoms with E-state index in [1.807, 2.05) is 0 Å². The first-order valence-corrected chi connectivity index (χ1v) is 15.7. The van der Waals surface area contributed by atoms with Crippen LogP contribution in [0.15, 0.2) is 103 Å². The molecule has 3 aliphatic heterocycles. The maximum absolute atomic E-state index is 13.1. The lowest BCUT2D eigenvalue weighted by atomic mass is 9.82. The van der Waals surface area contributed by atoms with Gasteiger partial charge in [-0.1, -0.05) is 54.6 Å². The third kappa shape index (κ3) is 6.09. The third-order valence-electron chi connectivity index (χ3n) is 9.35. The Hall–Kier alpha value is -4.63. The molecule has 7 rings (SSSR count). The van der Waals surface area contributed by atoms with Crippen molar-refractivity contribution in [1.82, 2.24) is 0 Å². The van der Waals surface area contributed by atoms with E-state index in [0.717, 1.165) is 0 Å². The molecule has 13 heteroatoms. The second-order valence-electron chi connectivity index (χ2n) is 12.4. The molecule has 11 atom stereocenters. The molecule has 2 saturated heterocycles. The van der Waals surface area contributed by atoms with Gasteiger partial charge in [0.05, 0.1) is 28.9 Å². The smallest absolute Gasteiger partial charge is 0.338 e. The molecule has 3 heterocycles.